The molecule has 0 saturated heterocycles. The zero-order valence-electron chi connectivity index (χ0n) is 9.06. The van der Waals surface area contributed by atoms with Crippen molar-refractivity contribution >= 4 is 11.8 Å². The van der Waals surface area contributed by atoms with Crippen LogP contribution in [0.15, 0.2) is 12.1 Å². The van der Waals surface area contributed by atoms with Crippen LogP contribution in [0.4, 0.5) is 0 Å². The van der Waals surface area contributed by atoms with E-state index >= 15 is 0 Å². The molecule has 17 heavy (non-hydrogen) atoms. The predicted octanol–water partition coefficient (Wildman–Crippen LogP) is 0.867. The Bertz CT molecular complexity index is 479. The van der Waals surface area contributed by atoms with Gasteiger partial charge in [0, 0.05) is 0 Å². The van der Waals surface area contributed by atoms with Gasteiger partial charge in [0.25, 0.3) is 5.78 Å². The summed E-state index contributed by atoms with van der Waals surface area (Å²) < 4.78 is 14.7. The molecule has 0 unspecified atom stereocenters. The van der Waals surface area contributed by atoms with Crippen molar-refractivity contribution < 1.29 is 28.9 Å². The van der Waals surface area contributed by atoms with Gasteiger partial charge in [-0.2, -0.15) is 0 Å². The highest BCUT2D eigenvalue weighted by Gasteiger charge is 2.30. The molecule has 0 bridgehead atoms. The zero-order valence-corrected chi connectivity index (χ0v) is 9.06. The van der Waals surface area contributed by atoms with Crippen LogP contribution in [0, 0.1) is 0 Å². The molecule has 0 aromatic heterocycles. The summed E-state index contributed by atoms with van der Waals surface area (Å²) in [6.45, 7) is 1.61. The van der Waals surface area contributed by atoms with Crippen LogP contribution in [-0.4, -0.2) is 30.3 Å². The van der Waals surface area contributed by atoms with E-state index in [0.29, 0.717) is 5.75 Å². The third-order valence-corrected chi connectivity index (χ3v) is 2.21. The largest absolute Gasteiger partial charge is 0.507 e. The Balaban J connectivity index is 2.41. The molecule has 0 radical (unpaired) electrons. The molecule has 1 aromatic rings. The number of ketones is 1. The molecule has 1 N–H and O–H groups in total. The van der Waals surface area contributed by atoms with Crippen LogP contribution in [0.5, 0.6) is 17.2 Å². The number of esters is 1. The molecule has 1 aromatic carbocycles. The second-order valence-electron chi connectivity index (χ2n) is 3.24. The lowest BCUT2D eigenvalue weighted by atomic mass is 10.1. The topological polar surface area (TPSA) is 82.1 Å². The minimum atomic E-state index is -1.04. The summed E-state index contributed by atoms with van der Waals surface area (Å²) in [5.41, 5.74) is -0.224. The summed E-state index contributed by atoms with van der Waals surface area (Å²) in [5.74, 6) is -1.94. The fourth-order valence-electron chi connectivity index (χ4n) is 1.48. The monoisotopic (exact) mass is 238 g/mol. The van der Waals surface area contributed by atoms with E-state index in [1.807, 2.05) is 0 Å². The third kappa shape index (κ3) is 1.89. The van der Waals surface area contributed by atoms with Crippen LogP contribution in [-0.2, 0) is 9.53 Å². The maximum Gasteiger partial charge on any atom is 0.379 e. The van der Waals surface area contributed by atoms with Crippen LogP contribution >= 0.6 is 0 Å². The maximum atomic E-state index is 11.7. The first-order valence-corrected chi connectivity index (χ1v) is 4.98. The number of rotatable bonds is 3. The van der Waals surface area contributed by atoms with E-state index in [4.69, 9.17) is 9.47 Å². The van der Waals surface area contributed by atoms with E-state index in [2.05, 4.69) is 4.74 Å². The second kappa shape index (κ2) is 4.32. The Morgan fingerprint density at radius 2 is 2.18 bits per heavy atom. The van der Waals surface area contributed by atoms with Crippen LogP contribution in [0.2, 0.25) is 0 Å². The number of Topliss-reactive ketones (excluding diaryl/α,β-unsaturated/α-hetero) is 1. The zero-order chi connectivity index (χ0) is 12.4. The number of carbonyl (C=O) groups is 2. The van der Waals surface area contributed by atoms with Gasteiger partial charge in [-0.15, -0.1) is 0 Å². The smallest absolute Gasteiger partial charge is 0.379 e. The highest BCUT2D eigenvalue weighted by atomic mass is 16.7. The number of fused-ring (bicyclic) bond motifs is 1. The Kier molecular flexibility index (Phi) is 2.86. The van der Waals surface area contributed by atoms with Gasteiger partial charge in [-0.05, 0) is 19.1 Å². The molecular formula is C11H10O6. The fraction of sp³-hybridized carbons (Fsp3) is 0.273. The average Bonchev–Trinajstić information content (AvgIpc) is 2.76. The number of ether oxygens (including phenoxy) is 3. The fourth-order valence-corrected chi connectivity index (χ4v) is 1.48. The van der Waals surface area contributed by atoms with Gasteiger partial charge in [0.1, 0.15) is 11.3 Å². The lowest BCUT2D eigenvalue weighted by Crippen LogP contribution is -2.18. The van der Waals surface area contributed by atoms with E-state index in [1.165, 1.54) is 12.1 Å². The van der Waals surface area contributed by atoms with E-state index in [-0.39, 0.29) is 30.5 Å². The summed E-state index contributed by atoms with van der Waals surface area (Å²) in [7, 11) is 0. The second-order valence-corrected chi connectivity index (χ2v) is 3.24. The molecule has 0 amide bonds. The summed E-state index contributed by atoms with van der Waals surface area (Å²) in [4.78, 5) is 23.1. The number of aromatic hydroxyl groups is 1. The lowest BCUT2D eigenvalue weighted by molar-refractivity contribution is -0.137. The van der Waals surface area contributed by atoms with Crippen LogP contribution in [0.1, 0.15) is 17.3 Å². The third-order valence-electron chi connectivity index (χ3n) is 2.21. The van der Waals surface area contributed by atoms with Gasteiger partial charge in [0.05, 0.1) is 6.61 Å². The predicted molar refractivity (Wildman–Crippen MR) is 55.2 cm³/mol. The minimum absolute atomic E-state index is 0.0537. The van der Waals surface area contributed by atoms with Crippen LogP contribution in [0.25, 0.3) is 0 Å². The van der Waals surface area contributed by atoms with E-state index in [1.54, 1.807) is 6.92 Å². The number of benzene rings is 1. The quantitative estimate of drug-likeness (QED) is 0.478. The van der Waals surface area contributed by atoms with Crippen molar-refractivity contribution in [3.8, 4) is 17.2 Å². The highest BCUT2D eigenvalue weighted by molar-refractivity contribution is 6.42. The molecule has 90 valence electrons. The Morgan fingerprint density at radius 1 is 1.41 bits per heavy atom. The number of hydrogen-bond acceptors (Lipinski definition) is 6. The number of phenolic OH excluding ortho intramolecular Hbond substituents is 1. The number of phenols is 1. The molecule has 0 atom stereocenters. The molecule has 0 spiro atoms. The van der Waals surface area contributed by atoms with Crippen molar-refractivity contribution in [1.82, 2.24) is 0 Å². The maximum absolute atomic E-state index is 11.7. The van der Waals surface area contributed by atoms with E-state index < -0.39 is 11.8 Å². The minimum Gasteiger partial charge on any atom is -0.507 e. The molecule has 0 fully saturated rings. The summed E-state index contributed by atoms with van der Waals surface area (Å²) in [6.07, 6.45) is 0. The van der Waals surface area contributed by atoms with Crippen molar-refractivity contribution in [2.75, 3.05) is 13.4 Å². The van der Waals surface area contributed by atoms with E-state index in [9.17, 15) is 14.7 Å². The Labute approximate surface area is 96.7 Å². The first-order chi connectivity index (χ1) is 8.15. The normalized spacial score (nSPS) is 12.3. The van der Waals surface area contributed by atoms with E-state index in [0.717, 1.165) is 0 Å². The summed E-state index contributed by atoms with van der Waals surface area (Å²) >= 11 is 0. The summed E-state index contributed by atoms with van der Waals surface area (Å²) in [6, 6.07) is 2.72. The van der Waals surface area contributed by atoms with Crippen LogP contribution in [0.3, 0.4) is 0 Å². The number of carbonyl (C=O) groups excluding carboxylic acids is 2. The lowest BCUT2D eigenvalue weighted by Gasteiger charge is -2.06. The number of hydrogen-bond donors (Lipinski definition) is 1. The van der Waals surface area contributed by atoms with Crippen molar-refractivity contribution in [2.45, 2.75) is 6.92 Å². The summed E-state index contributed by atoms with van der Waals surface area (Å²) in [5, 5.41) is 9.60. The molecule has 6 heteroatoms. The molecular weight excluding hydrogens is 228 g/mol. The molecule has 1 aliphatic rings. The first-order valence-electron chi connectivity index (χ1n) is 4.98. The Hall–Kier alpha value is -2.24. The SMILES string of the molecule is CCOC(=O)C(=O)c1c(O)ccc2c1OCO2. The van der Waals surface area contributed by atoms with Crippen molar-refractivity contribution in [3.63, 3.8) is 0 Å². The molecule has 0 aliphatic carbocycles. The first kappa shape index (κ1) is 11.3. The molecule has 1 heterocycles. The van der Waals surface area contributed by atoms with Gasteiger partial charge in [-0.1, -0.05) is 0 Å². The van der Waals surface area contributed by atoms with Crippen molar-refractivity contribution in [1.29, 1.82) is 0 Å². The molecule has 0 saturated carbocycles. The van der Waals surface area contributed by atoms with Gasteiger partial charge in [-0.3, -0.25) is 4.79 Å². The van der Waals surface area contributed by atoms with Crippen LogP contribution < -0.4 is 9.47 Å². The molecule has 2 rings (SSSR count). The van der Waals surface area contributed by atoms with Gasteiger partial charge in [0.15, 0.2) is 11.5 Å². The average molecular weight is 238 g/mol. The van der Waals surface area contributed by atoms with Gasteiger partial charge in [-0.25, -0.2) is 4.79 Å². The highest BCUT2D eigenvalue weighted by Crippen LogP contribution is 2.40. The van der Waals surface area contributed by atoms with Gasteiger partial charge in [0.2, 0.25) is 6.79 Å². The van der Waals surface area contributed by atoms with Gasteiger partial charge < -0.3 is 19.3 Å². The standard InChI is InChI=1S/C11H10O6/c1-2-15-11(14)9(13)8-6(12)3-4-7-10(8)17-5-16-7/h3-4,12H,2,5H2,1H3. The van der Waals surface area contributed by atoms with Gasteiger partial charge >= 0.3 is 5.97 Å². The Morgan fingerprint density at radius 3 is 2.88 bits per heavy atom. The van der Waals surface area contributed by atoms with Crippen molar-refractivity contribution in [2.24, 2.45) is 0 Å². The van der Waals surface area contributed by atoms with Crippen molar-refractivity contribution in [3.05, 3.63) is 17.7 Å². The molecule has 1 aliphatic heterocycles. The molecule has 6 nitrogen and oxygen atoms in total.